The summed E-state index contributed by atoms with van der Waals surface area (Å²) in [7, 11) is 0. The first-order chi connectivity index (χ1) is 9.79. The third kappa shape index (κ3) is 4.62. The Bertz CT molecular complexity index is 402. The zero-order chi connectivity index (χ0) is 14.2. The van der Waals surface area contributed by atoms with Crippen LogP contribution in [0.3, 0.4) is 0 Å². The molecule has 110 valence electrons. The minimum atomic E-state index is 0.0297. The second-order valence-electron chi connectivity index (χ2n) is 5.11. The molecule has 1 N–H and O–H groups in total. The molecule has 1 fully saturated rings. The summed E-state index contributed by atoms with van der Waals surface area (Å²) >= 11 is 0. The molecular weight excluding hydrogens is 252 g/mol. The molecule has 2 rings (SSSR count). The van der Waals surface area contributed by atoms with Gasteiger partial charge < -0.3 is 15.0 Å². The first-order valence-corrected chi connectivity index (χ1v) is 7.43. The fourth-order valence-corrected chi connectivity index (χ4v) is 2.44. The summed E-state index contributed by atoms with van der Waals surface area (Å²) in [6.07, 6.45) is 1.42. The van der Waals surface area contributed by atoms with Crippen molar-refractivity contribution in [3.8, 4) is 0 Å². The minimum absolute atomic E-state index is 0.0297. The van der Waals surface area contributed by atoms with E-state index in [4.69, 9.17) is 4.74 Å². The van der Waals surface area contributed by atoms with Crippen LogP contribution in [-0.2, 0) is 16.0 Å². The number of ether oxygens (including phenoxy) is 1. The van der Waals surface area contributed by atoms with E-state index in [2.05, 4.69) is 17.4 Å². The summed E-state index contributed by atoms with van der Waals surface area (Å²) in [6, 6.07) is 10.3. The molecule has 1 aromatic rings. The van der Waals surface area contributed by atoms with Crippen molar-refractivity contribution in [2.75, 3.05) is 32.8 Å². The van der Waals surface area contributed by atoms with Crippen LogP contribution in [-0.4, -0.2) is 49.7 Å². The maximum atomic E-state index is 12.3. The van der Waals surface area contributed by atoms with Crippen molar-refractivity contribution in [1.82, 2.24) is 10.2 Å². The lowest BCUT2D eigenvalue weighted by Crippen LogP contribution is -2.42. The molecule has 0 radical (unpaired) electrons. The quantitative estimate of drug-likeness (QED) is 0.855. The van der Waals surface area contributed by atoms with E-state index in [1.165, 1.54) is 5.56 Å². The summed E-state index contributed by atoms with van der Waals surface area (Å²) in [6.45, 7) is 5.93. The van der Waals surface area contributed by atoms with Gasteiger partial charge in [0.25, 0.3) is 0 Å². The van der Waals surface area contributed by atoms with Gasteiger partial charge in [0.05, 0.1) is 19.1 Å². The van der Waals surface area contributed by atoms with Crippen molar-refractivity contribution in [2.45, 2.75) is 25.9 Å². The fraction of sp³-hybridized carbons (Fsp3) is 0.562. The zero-order valence-corrected chi connectivity index (χ0v) is 12.2. The predicted molar refractivity (Wildman–Crippen MR) is 79.6 cm³/mol. The molecule has 0 aliphatic carbocycles. The average molecular weight is 276 g/mol. The van der Waals surface area contributed by atoms with Gasteiger partial charge in [-0.3, -0.25) is 4.79 Å². The van der Waals surface area contributed by atoms with Crippen molar-refractivity contribution < 1.29 is 9.53 Å². The second-order valence-corrected chi connectivity index (χ2v) is 5.11. The number of nitrogens with one attached hydrogen (secondary N) is 1. The number of rotatable bonds is 6. The number of carbonyl (C=O) groups excluding carboxylic acids is 1. The van der Waals surface area contributed by atoms with Crippen LogP contribution in [0, 0.1) is 0 Å². The Hall–Kier alpha value is -1.39. The highest BCUT2D eigenvalue weighted by atomic mass is 16.5. The molecule has 1 saturated heterocycles. The Labute approximate surface area is 121 Å². The van der Waals surface area contributed by atoms with Gasteiger partial charge in [-0.25, -0.2) is 0 Å². The molecule has 1 atom stereocenters. The Kier molecular flexibility index (Phi) is 6.02. The van der Waals surface area contributed by atoms with Crippen LogP contribution in [0.4, 0.5) is 0 Å². The first kappa shape index (κ1) is 15.0. The molecule has 0 saturated carbocycles. The van der Waals surface area contributed by atoms with Gasteiger partial charge in [-0.15, -0.1) is 0 Å². The van der Waals surface area contributed by atoms with E-state index in [0.717, 1.165) is 32.6 Å². The largest absolute Gasteiger partial charge is 0.375 e. The number of benzene rings is 1. The van der Waals surface area contributed by atoms with Crippen LogP contribution in [0.2, 0.25) is 0 Å². The minimum Gasteiger partial charge on any atom is -0.375 e. The molecule has 1 aliphatic rings. The van der Waals surface area contributed by atoms with Crippen LogP contribution in [0.15, 0.2) is 30.3 Å². The number of nitrogens with zero attached hydrogens (tertiary/aromatic N) is 1. The molecule has 1 aromatic carbocycles. The van der Waals surface area contributed by atoms with Crippen LogP contribution in [0.1, 0.15) is 18.9 Å². The van der Waals surface area contributed by atoms with Crippen molar-refractivity contribution in [3.63, 3.8) is 0 Å². The van der Waals surface area contributed by atoms with Crippen LogP contribution in [0.5, 0.6) is 0 Å². The molecular formula is C16H24N2O2. The summed E-state index contributed by atoms with van der Waals surface area (Å²) in [5.74, 6) is 0.192. The Morgan fingerprint density at radius 2 is 2.20 bits per heavy atom. The zero-order valence-electron chi connectivity index (χ0n) is 12.2. The standard InChI is InChI=1S/C16H24N2O2/c1-2-18(10-8-14-6-4-3-5-7-14)16(19)12-15-13-17-9-11-20-15/h3-7,15,17H,2,8-13H2,1H3. The van der Waals surface area contributed by atoms with Gasteiger partial charge in [0.2, 0.25) is 5.91 Å². The van der Waals surface area contributed by atoms with Gasteiger partial charge in [-0.1, -0.05) is 30.3 Å². The molecule has 1 unspecified atom stereocenters. The average Bonchev–Trinajstić information content (AvgIpc) is 2.50. The molecule has 20 heavy (non-hydrogen) atoms. The Morgan fingerprint density at radius 3 is 2.85 bits per heavy atom. The normalized spacial score (nSPS) is 18.8. The number of morpholine rings is 1. The number of hydrogen-bond donors (Lipinski definition) is 1. The van der Waals surface area contributed by atoms with E-state index < -0.39 is 0 Å². The smallest absolute Gasteiger partial charge is 0.225 e. The van der Waals surface area contributed by atoms with E-state index in [9.17, 15) is 4.79 Å². The highest BCUT2D eigenvalue weighted by molar-refractivity contribution is 5.76. The van der Waals surface area contributed by atoms with Gasteiger partial charge in [0.15, 0.2) is 0 Å². The molecule has 1 aliphatic heterocycles. The first-order valence-electron chi connectivity index (χ1n) is 7.43. The number of likely N-dealkylation sites (N-methyl/N-ethyl adjacent to an activating group) is 1. The molecule has 1 amide bonds. The lowest BCUT2D eigenvalue weighted by molar-refractivity contribution is -0.134. The van der Waals surface area contributed by atoms with E-state index in [0.29, 0.717) is 13.0 Å². The van der Waals surface area contributed by atoms with Crippen LogP contribution < -0.4 is 5.32 Å². The maximum absolute atomic E-state index is 12.3. The summed E-state index contributed by atoms with van der Waals surface area (Å²) in [5, 5.41) is 3.26. The monoisotopic (exact) mass is 276 g/mol. The summed E-state index contributed by atoms with van der Waals surface area (Å²) in [5.41, 5.74) is 1.27. The van der Waals surface area contributed by atoms with E-state index in [1.54, 1.807) is 0 Å². The molecule has 0 bridgehead atoms. The summed E-state index contributed by atoms with van der Waals surface area (Å²) < 4.78 is 5.60. The molecule has 1 heterocycles. The Morgan fingerprint density at radius 1 is 1.40 bits per heavy atom. The van der Waals surface area contributed by atoms with Gasteiger partial charge in [0, 0.05) is 26.2 Å². The van der Waals surface area contributed by atoms with Gasteiger partial charge in [0.1, 0.15) is 0 Å². The highest BCUT2D eigenvalue weighted by Gasteiger charge is 2.20. The summed E-state index contributed by atoms with van der Waals surface area (Å²) in [4.78, 5) is 14.2. The number of amides is 1. The lowest BCUT2D eigenvalue weighted by atomic mass is 10.1. The molecule has 0 spiro atoms. The van der Waals surface area contributed by atoms with Crippen molar-refractivity contribution in [3.05, 3.63) is 35.9 Å². The van der Waals surface area contributed by atoms with Crippen LogP contribution in [0.25, 0.3) is 0 Å². The van der Waals surface area contributed by atoms with Crippen LogP contribution >= 0.6 is 0 Å². The van der Waals surface area contributed by atoms with Crippen molar-refractivity contribution in [2.24, 2.45) is 0 Å². The molecule has 4 heteroatoms. The topological polar surface area (TPSA) is 41.6 Å². The maximum Gasteiger partial charge on any atom is 0.225 e. The van der Waals surface area contributed by atoms with E-state index in [1.807, 2.05) is 30.0 Å². The third-order valence-electron chi connectivity index (χ3n) is 3.65. The third-order valence-corrected chi connectivity index (χ3v) is 3.65. The van der Waals surface area contributed by atoms with Crippen molar-refractivity contribution in [1.29, 1.82) is 0 Å². The van der Waals surface area contributed by atoms with E-state index in [-0.39, 0.29) is 12.0 Å². The number of hydrogen-bond acceptors (Lipinski definition) is 3. The van der Waals surface area contributed by atoms with Gasteiger partial charge in [-0.2, -0.15) is 0 Å². The lowest BCUT2D eigenvalue weighted by Gasteiger charge is -2.27. The highest BCUT2D eigenvalue weighted by Crippen LogP contribution is 2.07. The van der Waals surface area contributed by atoms with E-state index >= 15 is 0 Å². The molecule has 0 aromatic heterocycles. The number of carbonyl (C=O) groups is 1. The SMILES string of the molecule is CCN(CCc1ccccc1)C(=O)CC1CNCCO1. The Balaban J connectivity index is 1.79. The fourth-order valence-electron chi connectivity index (χ4n) is 2.44. The molecule has 4 nitrogen and oxygen atoms in total. The second kappa shape index (κ2) is 8.02. The van der Waals surface area contributed by atoms with Crippen molar-refractivity contribution >= 4 is 5.91 Å². The predicted octanol–water partition coefficient (Wildman–Crippen LogP) is 1.46. The van der Waals surface area contributed by atoms with Gasteiger partial charge in [-0.05, 0) is 18.9 Å². The van der Waals surface area contributed by atoms with Gasteiger partial charge >= 0.3 is 0 Å².